The number of aryl methyl sites for hydroxylation is 1. The number of nitrogens with zero attached hydrogens (tertiary/aromatic N) is 2. The summed E-state index contributed by atoms with van der Waals surface area (Å²) in [7, 11) is 0. The summed E-state index contributed by atoms with van der Waals surface area (Å²) in [5.41, 5.74) is 0. The van der Waals surface area contributed by atoms with Crippen LogP contribution in [0, 0.1) is 6.92 Å². The molecule has 7 heteroatoms. The molecular weight excluding hydrogens is 278 g/mol. The molecule has 0 fully saturated rings. The summed E-state index contributed by atoms with van der Waals surface area (Å²) in [6, 6.07) is 3.64. The topological polar surface area (TPSA) is 54.9 Å². The van der Waals surface area contributed by atoms with Crippen molar-refractivity contribution in [3.05, 3.63) is 32.4 Å². The Kier molecular flexibility index (Phi) is 3.88. The van der Waals surface area contributed by atoms with Crippen LogP contribution in [0.25, 0.3) is 6.08 Å². The van der Waals surface area contributed by atoms with Crippen LogP contribution in [0.1, 0.15) is 9.88 Å². The van der Waals surface area contributed by atoms with Crippen LogP contribution in [0.4, 0.5) is 5.13 Å². The van der Waals surface area contributed by atoms with Gasteiger partial charge in [0.15, 0.2) is 0 Å². The Balaban J connectivity index is 1.95. The molecule has 4 nitrogen and oxygen atoms in total. The van der Waals surface area contributed by atoms with Crippen molar-refractivity contribution in [2.24, 2.45) is 0 Å². The summed E-state index contributed by atoms with van der Waals surface area (Å²) >= 11 is 8.52. The highest BCUT2D eigenvalue weighted by Gasteiger charge is 2.03. The highest BCUT2D eigenvalue weighted by molar-refractivity contribution is 7.17. The van der Waals surface area contributed by atoms with Gasteiger partial charge in [-0.1, -0.05) is 22.9 Å². The molecule has 0 aromatic carbocycles. The molecule has 1 amide bonds. The number of nitrogens with one attached hydrogen (secondary N) is 1. The minimum Gasteiger partial charge on any atom is -0.297 e. The van der Waals surface area contributed by atoms with Gasteiger partial charge in [0.05, 0.1) is 4.34 Å². The van der Waals surface area contributed by atoms with Gasteiger partial charge in [-0.2, -0.15) is 0 Å². The fourth-order valence-corrected chi connectivity index (χ4v) is 2.63. The van der Waals surface area contributed by atoms with Crippen LogP contribution in [0.5, 0.6) is 0 Å². The molecule has 0 atom stereocenters. The largest absolute Gasteiger partial charge is 0.297 e. The molecule has 0 saturated carbocycles. The second-order valence-electron chi connectivity index (χ2n) is 3.09. The van der Waals surface area contributed by atoms with Crippen LogP contribution in [0.2, 0.25) is 4.34 Å². The third kappa shape index (κ3) is 3.62. The molecule has 0 saturated heterocycles. The molecule has 2 heterocycles. The maximum atomic E-state index is 11.5. The monoisotopic (exact) mass is 285 g/mol. The smallest absolute Gasteiger partial charge is 0.250 e. The first-order chi connectivity index (χ1) is 8.13. The second-order valence-corrected chi connectivity index (χ2v) is 6.02. The van der Waals surface area contributed by atoms with Gasteiger partial charge in [-0.15, -0.1) is 21.5 Å². The minimum atomic E-state index is -0.231. The lowest BCUT2D eigenvalue weighted by molar-refractivity contribution is -0.111. The second kappa shape index (κ2) is 5.39. The SMILES string of the molecule is Cc1nnc(NC(=O)C=Cc2ccc(Cl)s2)s1. The van der Waals surface area contributed by atoms with Gasteiger partial charge in [-0.25, -0.2) is 0 Å². The van der Waals surface area contributed by atoms with E-state index in [1.54, 1.807) is 12.1 Å². The molecule has 0 spiro atoms. The van der Waals surface area contributed by atoms with Crippen LogP contribution < -0.4 is 5.32 Å². The first-order valence-electron chi connectivity index (χ1n) is 4.68. The first-order valence-corrected chi connectivity index (χ1v) is 6.69. The van der Waals surface area contributed by atoms with Crippen molar-refractivity contribution < 1.29 is 4.79 Å². The summed E-state index contributed by atoms with van der Waals surface area (Å²) in [4.78, 5) is 12.4. The maximum Gasteiger partial charge on any atom is 0.250 e. The van der Waals surface area contributed by atoms with Crippen molar-refractivity contribution >= 4 is 51.4 Å². The Morgan fingerprint density at radius 2 is 2.24 bits per heavy atom. The third-order valence-electron chi connectivity index (χ3n) is 1.75. The Morgan fingerprint density at radius 1 is 1.41 bits per heavy atom. The first kappa shape index (κ1) is 12.2. The predicted octanol–water partition coefficient (Wildman–Crippen LogP) is 3.21. The van der Waals surface area contributed by atoms with E-state index in [-0.39, 0.29) is 5.91 Å². The van der Waals surface area contributed by atoms with E-state index in [0.29, 0.717) is 9.47 Å². The Labute approximate surface area is 111 Å². The van der Waals surface area contributed by atoms with E-state index < -0.39 is 0 Å². The number of hydrogen-bond acceptors (Lipinski definition) is 5. The van der Waals surface area contributed by atoms with E-state index in [1.165, 1.54) is 28.7 Å². The summed E-state index contributed by atoms with van der Waals surface area (Å²) < 4.78 is 0.699. The number of carbonyl (C=O) groups excluding carboxylic acids is 1. The quantitative estimate of drug-likeness (QED) is 0.881. The zero-order valence-electron chi connectivity index (χ0n) is 8.81. The lowest BCUT2D eigenvalue weighted by Gasteiger charge is -1.93. The van der Waals surface area contributed by atoms with Crippen LogP contribution in [0.15, 0.2) is 18.2 Å². The van der Waals surface area contributed by atoms with Gasteiger partial charge in [0.1, 0.15) is 5.01 Å². The number of hydrogen-bond donors (Lipinski definition) is 1. The van der Waals surface area contributed by atoms with Gasteiger partial charge >= 0.3 is 0 Å². The number of aromatic nitrogens is 2. The van der Waals surface area contributed by atoms with E-state index >= 15 is 0 Å². The average molecular weight is 286 g/mol. The lowest BCUT2D eigenvalue weighted by Crippen LogP contribution is -2.07. The lowest BCUT2D eigenvalue weighted by atomic mass is 10.4. The number of carbonyl (C=O) groups is 1. The van der Waals surface area contributed by atoms with Crippen LogP contribution in [-0.4, -0.2) is 16.1 Å². The summed E-state index contributed by atoms with van der Waals surface area (Å²) in [6.07, 6.45) is 3.15. The predicted molar refractivity (Wildman–Crippen MR) is 71.6 cm³/mol. The Morgan fingerprint density at radius 3 is 2.82 bits per heavy atom. The third-order valence-corrected chi connectivity index (χ3v) is 3.70. The Hall–Kier alpha value is -1.24. The van der Waals surface area contributed by atoms with Gasteiger partial charge < -0.3 is 0 Å². The van der Waals surface area contributed by atoms with Gasteiger partial charge in [0, 0.05) is 11.0 Å². The Bertz CT molecular complexity index is 561. The molecule has 1 N–H and O–H groups in total. The molecular formula is C10H8ClN3OS2. The highest BCUT2D eigenvalue weighted by atomic mass is 35.5. The van der Waals surface area contributed by atoms with Gasteiger partial charge in [-0.05, 0) is 25.1 Å². The minimum absolute atomic E-state index is 0.231. The average Bonchev–Trinajstić information content (AvgIpc) is 2.85. The number of anilines is 1. The van der Waals surface area contributed by atoms with Crippen molar-refractivity contribution in [1.29, 1.82) is 0 Å². The zero-order valence-corrected chi connectivity index (χ0v) is 11.2. The number of halogens is 1. The molecule has 17 heavy (non-hydrogen) atoms. The van der Waals surface area contributed by atoms with Gasteiger partial charge in [0.2, 0.25) is 11.0 Å². The van der Waals surface area contributed by atoms with E-state index in [2.05, 4.69) is 15.5 Å². The van der Waals surface area contributed by atoms with E-state index in [9.17, 15) is 4.79 Å². The molecule has 2 rings (SSSR count). The molecule has 0 radical (unpaired) electrons. The number of rotatable bonds is 3. The van der Waals surface area contributed by atoms with Crippen LogP contribution in [-0.2, 0) is 4.79 Å². The molecule has 2 aromatic rings. The summed E-state index contributed by atoms with van der Waals surface area (Å²) in [6.45, 7) is 1.83. The van der Waals surface area contributed by atoms with Crippen molar-refractivity contribution in [1.82, 2.24) is 10.2 Å². The van der Waals surface area contributed by atoms with E-state index in [4.69, 9.17) is 11.6 Å². The van der Waals surface area contributed by atoms with Crippen LogP contribution in [0.3, 0.4) is 0 Å². The molecule has 0 aliphatic rings. The molecule has 88 valence electrons. The number of amides is 1. The highest BCUT2D eigenvalue weighted by Crippen LogP contribution is 2.22. The fraction of sp³-hybridized carbons (Fsp3) is 0.100. The maximum absolute atomic E-state index is 11.5. The molecule has 0 aliphatic heterocycles. The molecule has 0 bridgehead atoms. The zero-order chi connectivity index (χ0) is 12.3. The van der Waals surface area contributed by atoms with E-state index in [0.717, 1.165) is 9.88 Å². The fourth-order valence-electron chi connectivity index (χ4n) is 1.07. The van der Waals surface area contributed by atoms with Crippen molar-refractivity contribution in [2.45, 2.75) is 6.92 Å². The summed E-state index contributed by atoms with van der Waals surface area (Å²) in [5.74, 6) is -0.231. The normalized spacial score (nSPS) is 10.9. The van der Waals surface area contributed by atoms with E-state index in [1.807, 2.05) is 13.0 Å². The molecule has 2 aromatic heterocycles. The number of thiophene rings is 1. The van der Waals surface area contributed by atoms with Crippen molar-refractivity contribution in [3.8, 4) is 0 Å². The van der Waals surface area contributed by atoms with Crippen molar-refractivity contribution in [2.75, 3.05) is 5.32 Å². The molecule has 0 aliphatic carbocycles. The summed E-state index contributed by atoms with van der Waals surface area (Å²) in [5, 5.41) is 11.6. The van der Waals surface area contributed by atoms with Gasteiger partial charge in [-0.3, -0.25) is 10.1 Å². The van der Waals surface area contributed by atoms with Crippen LogP contribution >= 0.6 is 34.3 Å². The molecule has 0 unspecified atom stereocenters. The standard InChI is InChI=1S/C10H8ClN3OS2/c1-6-13-14-10(16-6)12-9(15)5-3-7-2-4-8(11)17-7/h2-5H,1H3,(H,12,14,15). The van der Waals surface area contributed by atoms with Crippen molar-refractivity contribution in [3.63, 3.8) is 0 Å². The van der Waals surface area contributed by atoms with Gasteiger partial charge in [0.25, 0.3) is 0 Å².